The number of benzene rings is 2. The molecule has 7 heteroatoms. The molecule has 4 aromatic rings. The summed E-state index contributed by atoms with van der Waals surface area (Å²) in [6.07, 6.45) is -0.00661. The lowest BCUT2D eigenvalue weighted by Crippen LogP contribution is -2.06. The van der Waals surface area contributed by atoms with Crippen LogP contribution in [0.2, 0.25) is 5.02 Å². The number of imidazole rings is 1. The standard InChI is InChI=1S/C22H21ClN4O2/c1-13-18(11-21(28)29)14(2)27(25-13)12-15-4-6-16(7-5-15)22-24-19-10-17(23)8-9-20(19)26(22)3/h4-10H,11-12H2,1-3H3,(H,28,29). The molecule has 148 valence electrons. The molecule has 2 aromatic heterocycles. The number of rotatable bonds is 5. The van der Waals surface area contributed by atoms with Gasteiger partial charge in [0.15, 0.2) is 0 Å². The van der Waals surface area contributed by atoms with Crippen LogP contribution in [0.3, 0.4) is 0 Å². The first kappa shape index (κ1) is 19.2. The van der Waals surface area contributed by atoms with Gasteiger partial charge in [0.2, 0.25) is 0 Å². The quantitative estimate of drug-likeness (QED) is 0.531. The van der Waals surface area contributed by atoms with Crippen molar-refractivity contribution in [1.29, 1.82) is 0 Å². The topological polar surface area (TPSA) is 72.9 Å². The SMILES string of the molecule is Cc1nn(Cc2ccc(-c3nc4cc(Cl)ccc4n3C)cc2)c(C)c1CC(=O)O. The predicted molar refractivity (Wildman–Crippen MR) is 113 cm³/mol. The van der Waals surface area contributed by atoms with Crippen molar-refractivity contribution in [3.8, 4) is 11.4 Å². The lowest BCUT2D eigenvalue weighted by molar-refractivity contribution is -0.136. The van der Waals surface area contributed by atoms with Gasteiger partial charge in [0.05, 0.1) is 29.7 Å². The molecule has 0 amide bonds. The van der Waals surface area contributed by atoms with E-state index in [1.807, 2.05) is 55.9 Å². The van der Waals surface area contributed by atoms with Crippen LogP contribution in [-0.2, 0) is 24.8 Å². The lowest BCUT2D eigenvalue weighted by Gasteiger charge is -2.07. The molecule has 0 saturated heterocycles. The van der Waals surface area contributed by atoms with Crippen LogP contribution in [0.4, 0.5) is 0 Å². The molecule has 0 unspecified atom stereocenters. The number of carboxylic acids is 1. The Labute approximate surface area is 173 Å². The van der Waals surface area contributed by atoms with E-state index in [0.717, 1.165) is 44.9 Å². The van der Waals surface area contributed by atoms with Crippen molar-refractivity contribution in [2.75, 3.05) is 0 Å². The van der Waals surface area contributed by atoms with Gasteiger partial charge < -0.3 is 9.67 Å². The van der Waals surface area contributed by atoms with Crippen LogP contribution >= 0.6 is 11.6 Å². The molecule has 0 spiro atoms. The van der Waals surface area contributed by atoms with E-state index in [0.29, 0.717) is 11.6 Å². The molecule has 1 N–H and O–H groups in total. The van der Waals surface area contributed by atoms with Gasteiger partial charge in [-0.15, -0.1) is 0 Å². The first-order valence-corrected chi connectivity index (χ1v) is 9.67. The van der Waals surface area contributed by atoms with E-state index in [9.17, 15) is 4.79 Å². The molecule has 0 bridgehead atoms. The minimum Gasteiger partial charge on any atom is -0.481 e. The van der Waals surface area contributed by atoms with E-state index < -0.39 is 5.97 Å². The molecule has 2 aromatic carbocycles. The molecule has 0 atom stereocenters. The van der Waals surface area contributed by atoms with Gasteiger partial charge in [-0.2, -0.15) is 5.10 Å². The Hall–Kier alpha value is -3.12. The summed E-state index contributed by atoms with van der Waals surface area (Å²) < 4.78 is 3.92. The highest BCUT2D eigenvalue weighted by atomic mass is 35.5. The number of nitrogens with zero attached hydrogens (tertiary/aromatic N) is 4. The van der Waals surface area contributed by atoms with Crippen molar-refractivity contribution in [3.63, 3.8) is 0 Å². The fraction of sp³-hybridized carbons (Fsp3) is 0.227. The Morgan fingerprint density at radius 2 is 1.86 bits per heavy atom. The minimum absolute atomic E-state index is 0.00661. The Morgan fingerprint density at radius 3 is 2.55 bits per heavy atom. The number of hydrogen-bond acceptors (Lipinski definition) is 3. The summed E-state index contributed by atoms with van der Waals surface area (Å²) in [5.41, 5.74) is 6.44. The first-order valence-electron chi connectivity index (χ1n) is 9.29. The summed E-state index contributed by atoms with van der Waals surface area (Å²) >= 11 is 6.09. The van der Waals surface area contributed by atoms with Gasteiger partial charge in [-0.05, 0) is 37.6 Å². The third-order valence-corrected chi connectivity index (χ3v) is 5.48. The number of aromatic nitrogens is 4. The van der Waals surface area contributed by atoms with Crippen LogP contribution in [0.15, 0.2) is 42.5 Å². The third kappa shape index (κ3) is 3.63. The molecule has 0 fully saturated rings. The summed E-state index contributed by atoms with van der Waals surface area (Å²) in [4.78, 5) is 15.8. The van der Waals surface area contributed by atoms with Gasteiger partial charge in [0.1, 0.15) is 5.82 Å². The average Bonchev–Trinajstić information content (AvgIpc) is 3.13. The van der Waals surface area contributed by atoms with Gasteiger partial charge in [0.25, 0.3) is 0 Å². The maximum atomic E-state index is 11.1. The van der Waals surface area contributed by atoms with Crippen LogP contribution in [0.1, 0.15) is 22.5 Å². The highest BCUT2D eigenvalue weighted by Gasteiger charge is 2.15. The number of aryl methyl sites for hydroxylation is 2. The van der Waals surface area contributed by atoms with Crippen molar-refractivity contribution in [2.24, 2.45) is 7.05 Å². The normalized spacial score (nSPS) is 11.3. The van der Waals surface area contributed by atoms with Crippen LogP contribution in [-0.4, -0.2) is 30.4 Å². The highest BCUT2D eigenvalue weighted by molar-refractivity contribution is 6.31. The molecule has 4 rings (SSSR count). The second kappa shape index (κ2) is 7.37. The zero-order valence-corrected chi connectivity index (χ0v) is 17.2. The molecule has 0 aliphatic carbocycles. The fourth-order valence-corrected chi connectivity index (χ4v) is 3.82. The molecule has 6 nitrogen and oxygen atoms in total. The maximum Gasteiger partial charge on any atom is 0.307 e. The van der Waals surface area contributed by atoms with Crippen molar-refractivity contribution in [3.05, 3.63) is 70.0 Å². The largest absolute Gasteiger partial charge is 0.481 e. The Kier molecular flexibility index (Phi) is 4.88. The fourth-order valence-electron chi connectivity index (χ4n) is 3.66. The van der Waals surface area contributed by atoms with Crippen LogP contribution in [0.25, 0.3) is 22.4 Å². The van der Waals surface area contributed by atoms with Crippen molar-refractivity contribution in [2.45, 2.75) is 26.8 Å². The van der Waals surface area contributed by atoms with Crippen LogP contribution < -0.4 is 0 Å². The van der Waals surface area contributed by atoms with E-state index in [4.69, 9.17) is 21.7 Å². The van der Waals surface area contributed by atoms with E-state index >= 15 is 0 Å². The van der Waals surface area contributed by atoms with Gasteiger partial charge in [-0.1, -0.05) is 35.9 Å². The number of carbonyl (C=O) groups is 1. The summed E-state index contributed by atoms with van der Waals surface area (Å²) in [5.74, 6) is 0.0347. The molecule has 29 heavy (non-hydrogen) atoms. The molecular formula is C22H21ClN4O2. The second-order valence-corrected chi connectivity index (χ2v) is 7.64. The molecular weight excluding hydrogens is 388 g/mol. The van der Waals surface area contributed by atoms with E-state index in [1.54, 1.807) is 0 Å². The van der Waals surface area contributed by atoms with E-state index in [1.165, 1.54) is 0 Å². The average molecular weight is 409 g/mol. The van der Waals surface area contributed by atoms with Crippen LogP contribution in [0.5, 0.6) is 0 Å². The Bertz CT molecular complexity index is 1220. The molecule has 0 saturated carbocycles. The number of aliphatic carboxylic acids is 1. The summed E-state index contributed by atoms with van der Waals surface area (Å²) in [6, 6.07) is 13.9. The third-order valence-electron chi connectivity index (χ3n) is 5.25. The van der Waals surface area contributed by atoms with Gasteiger partial charge in [0, 0.05) is 28.9 Å². The molecule has 0 aliphatic heterocycles. The van der Waals surface area contributed by atoms with Gasteiger partial charge in [-0.3, -0.25) is 9.48 Å². The first-order chi connectivity index (χ1) is 13.8. The molecule has 2 heterocycles. The van der Waals surface area contributed by atoms with Crippen molar-refractivity contribution < 1.29 is 9.90 Å². The maximum absolute atomic E-state index is 11.1. The summed E-state index contributed by atoms with van der Waals surface area (Å²) in [7, 11) is 1.99. The lowest BCUT2D eigenvalue weighted by atomic mass is 10.1. The minimum atomic E-state index is -0.844. The summed E-state index contributed by atoms with van der Waals surface area (Å²) in [5, 5.41) is 14.3. The number of fused-ring (bicyclic) bond motifs is 1. The highest BCUT2D eigenvalue weighted by Crippen LogP contribution is 2.26. The van der Waals surface area contributed by atoms with Crippen LogP contribution in [0, 0.1) is 13.8 Å². The smallest absolute Gasteiger partial charge is 0.307 e. The second-order valence-electron chi connectivity index (χ2n) is 7.20. The van der Waals surface area contributed by atoms with Gasteiger partial charge in [-0.25, -0.2) is 4.98 Å². The van der Waals surface area contributed by atoms with Crippen molar-refractivity contribution >= 4 is 28.6 Å². The monoisotopic (exact) mass is 408 g/mol. The molecule has 0 aliphatic rings. The van der Waals surface area contributed by atoms with E-state index in [2.05, 4.69) is 21.8 Å². The van der Waals surface area contributed by atoms with Gasteiger partial charge >= 0.3 is 5.97 Å². The number of hydrogen-bond donors (Lipinski definition) is 1. The summed E-state index contributed by atoms with van der Waals surface area (Å²) in [6.45, 7) is 4.35. The van der Waals surface area contributed by atoms with E-state index in [-0.39, 0.29) is 6.42 Å². The Morgan fingerprint density at radius 1 is 1.14 bits per heavy atom. The predicted octanol–water partition coefficient (Wildman–Crippen LogP) is 4.38. The zero-order chi connectivity index (χ0) is 20.7. The number of carboxylic acid groups (broad SMARTS) is 1. The van der Waals surface area contributed by atoms with Crippen molar-refractivity contribution in [1.82, 2.24) is 19.3 Å². The zero-order valence-electron chi connectivity index (χ0n) is 16.5. The molecule has 0 radical (unpaired) electrons. The number of halogens is 1. The Balaban J connectivity index is 1.61.